The van der Waals surface area contributed by atoms with Gasteiger partial charge in [-0.15, -0.1) is 0 Å². The summed E-state index contributed by atoms with van der Waals surface area (Å²) in [7, 11) is 1.94. The van der Waals surface area contributed by atoms with E-state index in [0.29, 0.717) is 6.42 Å². The van der Waals surface area contributed by atoms with Crippen molar-refractivity contribution >= 4 is 10.9 Å². The van der Waals surface area contributed by atoms with Gasteiger partial charge in [-0.05, 0) is 18.2 Å². The van der Waals surface area contributed by atoms with Crippen molar-refractivity contribution in [2.24, 2.45) is 12.8 Å². The van der Waals surface area contributed by atoms with Crippen LogP contribution in [-0.2, 0) is 13.5 Å². The summed E-state index contributed by atoms with van der Waals surface area (Å²) in [6.45, 7) is 0. The van der Waals surface area contributed by atoms with Gasteiger partial charge in [-0.1, -0.05) is 24.3 Å². The van der Waals surface area contributed by atoms with Gasteiger partial charge in [0.25, 0.3) is 0 Å². The number of fused-ring (bicyclic) bond motifs is 1. The Kier molecular flexibility index (Phi) is 3.01. The molecule has 0 fully saturated rings. The van der Waals surface area contributed by atoms with Crippen LogP contribution in [-0.4, -0.2) is 14.8 Å². The Morgan fingerprint density at radius 2 is 1.95 bits per heavy atom. The summed E-state index contributed by atoms with van der Waals surface area (Å²) in [4.78, 5) is 4.32. The van der Waals surface area contributed by atoms with Crippen LogP contribution in [0.1, 0.15) is 17.4 Å². The number of para-hydroxylation sites is 1. The van der Waals surface area contributed by atoms with Crippen LogP contribution < -0.4 is 5.73 Å². The Hall–Kier alpha value is -2.20. The van der Waals surface area contributed by atoms with Gasteiger partial charge in [0, 0.05) is 30.7 Å². The van der Waals surface area contributed by atoms with Gasteiger partial charge < -0.3 is 5.73 Å². The number of benzene rings is 1. The third-order valence-electron chi connectivity index (χ3n) is 3.29. The fraction of sp³-hybridized carbons (Fsp3) is 0.200. The second kappa shape index (κ2) is 4.82. The van der Waals surface area contributed by atoms with Gasteiger partial charge in [0.15, 0.2) is 0 Å². The van der Waals surface area contributed by atoms with E-state index >= 15 is 0 Å². The summed E-state index contributed by atoms with van der Waals surface area (Å²) in [6, 6.07) is 13.9. The lowest BCUT2D eigenvalue weighted by Crippen LogP contribution is -2.15. The van der Waals surface area contributed by atoms with Crippen LogP contribution in [0.15, 0.2) is 48.7 Å². The molecule has 1 unspecified atom stereocenters. The number of rotatable bonds is 3. The lowest BCUT2D eigenvalue weighted by Gasteiger charge is -2.08. The van der Waals surface area contributed by atoms with Crippen LogP contribution in [0.2, 0.25) is 0 Å². The molecule has 0 aliphatic carbocycles. The van der Waals surface area contributed by atoms with E-state index < -0.39 is 0 Å². The highest BCUT2D eigenvalue weighted by molar-refractivity contribution is 5.82. The quantitative estimate of drug-likeness (QED) is 0.777. The third kappa shape index (κ3) is 2.22. The van der Waals surface area contributed by atoms with Crippen molar-refractivity contribution in [3.8, 4) is 0 Å². The minimum Gasteiger partial charge on any atom is -0.322 e. The van der Waals surface area contributed by atoms with Gasteiger partial charge in [0.1, 0.15) is 0 Å². The van der Waals surface area contributed by atoms with Crippen LogP contribution in [0, 0.1) is 0 Å². The third-order valence-corrected chi connectivity index (χ3v) is 3.29. The molecular formula is C15H16N4. The molecule has 2 N–H and O–H groups in total. The molecular weight excluding hydrogens is 236 g/mol. The average Bonchev–Trinajstić information content (AvgIpc) is 2.78. The second-order valence-corrected chi connectivity index (χ2v) is 4.66. The first-order valence-electron chi connectivity index (χ1n) is 6.33. The van der Waals surface area contributed by atoms with Crippen molar-refractivity contribution in [3.63, 3.8) is 0 Å². The molecule has 0 amide bonds. The number of hydrogen-bond donors (Lipinski definition) is 1. The molecule has 4 heteroatoms. The van der Waals surface area contributed by atoms with Crippen LogP contribution >= 0.6 is 0 Å². The SMILES string of the molecule is Cn1nc(C(N)Cc2ccccn2)c2ccccc21. The Balaban J connectivity index is 1.96. The molecule has 0 bridgehead atoms. The normalized spacial score (nSPS) is 12.7. The molecule has 3 aromatic rings. The summed E-state index contributed by atoms with van der Waals surface area (Å²) in [5.41, 5.74) is 9.32. The van der Waals surface area contributed by atoms with Crippen LogP contribution in [0.5, 0.6) is 0 Å². The Morgan fingerprint density at radius 1 is 1.16 bits per heavy atom. The first-order valence-corrected chi connectivity index (χ1v) is 6.33. The molecule has 0 saturated heterocycles. The zero-order valence-corrected chi connectivity index (χ0v) is 10.8. The predicted molar refractivity (Wildman–Crippen MR) is 75.6 cm³/mol. The zero-order valence-electron chi connectivity index (χ0n) is 10.8. The maximum Gasteiger partial charge on any atom is 0.0874 e. The summed E-state index contributed by atoms with van der Waals surface area (Å²) < 4.78 is 1.88. The molecule has 0 spiro atoms. The highest BCUT2D eigenvalue weighted by Crippen LogP contribution is 2.23. The second-order valence-electron chi connectivity index (χ2n) is 4.66. The summed E-state index contributed by atoms with van der Waals surface area (Å²) in [5, 5.41) is 5.67. The fourth-order valence-electron chi connectivity index (χ4n) is 2.36. The molecule has 96 valence electrons. The molecule has 0 aliphatic heterocycles. The van der Waals surface area contributed by atoms with Crippen molar-refractivity contribution in [1.82, 2.24) is 14.8 Å². The standard InChI is InChI=1S/C15H16N4/c1-19-14-8-3-2-7-12(14)15(18-19)13(16)10-11-6-4-5-9-17-11/h2-9,13H,10,16H2,1H3. The van der Waals surface area contributed by atoms with Gasteiger partial charge in [0.05, 0.1) is 17.3 Å². The van der Waals surface area contributed by atoms with Crippen molar-refractivity contribution < 1.29 is 0 Å². The van der Waals surface area contributed by atoms with Gasteiger partial charge in [-0.25, -0.2) is 0 Å². The number of aryl methyl sites for hydroxylation is 1. The van der Waals surface area contributed by atoms with E-state index in [4.69, 9.17) is 5.73 Å². The topological polar surface area (TPSA) is 56.7 Å². The number of aromatic nitrogens is 3. The van der Waals surface area contributed by atoms with Gasteiger partial charge in [-0.3, -0.25) is 9.67 Å². The Morgan fingerprint density at radius 3 is 2.74 bits per heavy atom. The smallest absolute Gasteiger partial charge is 0.0874 e. The molecule has 0 saturated carbocycles. The van der Waals surface area contributed by atoms with E-state index in [0.717, 1.165) is 22.3 Å². The van der Waals surface area contributed by atoms with Crippen molar-refractivity contribution in [2.45, 2.75) is 12.5 Å². The van der Waals surface area contributed by atoms with Crippen molar-refractivity contribution in [2.75, 3.05) is 0 Å². The molecule has 0 radical (unpaired) electrons. The average molecular weight is 252 g/mol. The highest BCUT2D eigenvalue weighted by Gasteiger charge is 2.15. The first-order chi connectivity index (χ1) is 9.25. The maximum atomic E-state index is 6.29. The molecule has 1 atom stereocenters. The molecule has 19 heavy (non-hydrogen) atoms. The first kappa shape index (κ1) is 11.9. The summed E-state index contributed by atoms with van der Waals surface area (Å²) >= 11 is 0. The van der Waals surface area contributed by atoms with E-state index in [1.54, 1.807) is 6.20 Å². The number of pyridine rings is 1. The fourth-order valence-corrected chi connectivity index (χ4v) is 2.36. The minimum absolute atomic E-state index is 0.138. The van der Waals surface area contributed by atoms with Crippen LogP contribution in [0.3, 0.4) is 0 Å². The molecule has 0 aliphatic rings. The maximum absolute atomic E-state index is 6.29. The van der Waals surface area contributed by atoms with Gasteiger partial charge >= 0.3 is 0 Å². The van der Waals surface area contributed by atoms with E-state index in [9.17, 15) is 0 Å². The van der Waals surface area contributed by atoms with Gasteiger partial charge in [0.2, 0.25) is 0 Å². The molecule has 4 nitrogen and oxygen atoms in total. The van der Waals surface area contributed by atoms with E-state index in [-0.39, 0.29) is 6.04 Å². The van der Waals surface area contributed by atoms with Crippen molar-refractivity contribution in [3.05, 3.63) is 60.0 Å². The van der Waals surface area contributed by atoms with Crippen molar-refractivity contribution in [1.29, 1.82) is 0 Å². The molecule has 2 aromatic heterocycles. The lowest BCUT2D eigenvalue weighted by molar-refractivity contribution is 0.656. The Labute approximate surface area is 111 Å². The number of nitrogens with zero attached hydrogens (tertiary/aromatic N) is 3. The predicted octanol–water partition coefficient (Wildman–Crippen LogP) is 2.21. The monoisotopic (exact) mass is 252 g/mol. The van der Waals surface area contributed by atoms with Crippen LogP contribution in [0.25, 0.3) is 10.9 Å². The van der Waals surface area contributed by atoms with E-state index in [1.165, 1.54) is 0 Å². The molecule has 1 aromatic carbocycles. The van der Waals surface area contributed by atoms with E-state index in [2.05, 4.69) is 22.2 Å². The lowest BCUT2D eigenvalue weighted by atomic mass is 10.0. The number of hydrogen-bond acceptors (Lipinski definition) is 3. The molecule has 3 rings (SSSR count). The number of nitrogens with two attached hydrogens (primary N) is 1. The Bertz CT molecular complexity index is 688. The van der Waals surface area contributed by atoms with Crippen LogP contribution in [0.4, 0.5) is 0 Å². The molecule has 2 heterocycles. The highest BCUT2D eigenvalue weighted by atomic mass is 15.3. The zero-order chi connectivity index (χ0) is 13.2. The van der Waals surface area contributed by atoms with Gasteiger partial charge in [-0.2, -0.15) is 5.10 Å². The summed E-state index contributed by atoms with van der Waals surface area (Å²) in [6.07, 6.45) is 2.49. The largest absolute Gasteiger partial charge is 0.322 e. The minimum atomic E-state index is -0.138. The van der Waals surface area contributed by atoms with E-state index in [1.807, 2.05) is 42.1 Å². The summed E-state index contributed by atoms with van der Waals surface area (Å²) in [5.74, 6) is 0.